The average Bonchev–Trinajstić information content (AvgIpc) is 2.84. The third-order valence-corrected chi connectivity index (χ3v) is 4.19. The van der Waals surface area contributed by atoms with Gasteiger partial charge >= 0.3 is 5.97 Å². The predicted octanol–water partition coefficient (Wildman–Crippen LogP) is 4.14. The summed E-state index contributed by atoms with van der Waals surface area (Å²) in [7, 11) is 0. The second-order valence-corrected chi connectivity index (χ2v) is 5.48. The lowest BCUT2D eigenvalue weighted by atomic mass is 10.2. The largest absolute Gasteiger partial charge is 0.478 e. The van der Waals surface area contributed by atoms with Crippen LogP contribution in [0.5, 0.6) is 0 Å². The molecule has 0 saturated heterocycles. The van der Waals surface area contributed by atoms with Crippen LogP contribution in [-0.4, -0.2) is 20.6 Å². The Balaban J connectivity index is 2.17. The van der Waals surface area contributed by atoms with E-state index >= 15 is 0 Å². The molecule has 1 heterocycles. The summed E-state index contributed by atoms with van der Waals surface area (Å²) in [6.07, 6.45) is 1.66. The van der Waals surface area contributed by atoms with Gasteiger partial charge in [0.15, 0.2) is 0 Å². The number of fused-ring (bicyclic) bond motifs is 1. The van der Waals surface area contributed by atoms with Crippen molar-refractivity contribution in [3.05, 3.63) is 57.8 Å². The van der Waals surface area contributed by atoms with Gasteiger partial charge in [-0.05, 0) is 52.3 Å². The van der Waals surface area contributed by atoms with Crippen LogP contribution in [0, 0.1) is 0 Å². The fourth-order valence-electron chi connectivity index (χ4n) is 1.99. The number of benzene rings is 2. The van der Waals surface area contributed by atoms with Gasteiger partial charge in [-0.25, -0.2) is 9.78 Å². The van der Waals surface area contributed by atoms with Crippen LogP contribution in [0.3, 0.4) is 0 Å². The molecule has 0 atom stereocenters. The van der Waals surface area contributed by atoms with E-state index in [2.05, 4.69) is 20.9 Å². The summed E-state index contributed by atoms with van der Waals surface area (Å²) in [6.45, 7) is 0. The van der Waals surface area contributed by atoms with Crippen LogP contribution in [0.15, 0.2) is 47.2 Å². The second-order valence-electron chi connectivity index (χ2n) is 4.22. The summed E-state index contributed by atoms with van der Waals surface area (Å²) in [6, 6.07) is 10.4. The highest BCUT2D eigenvalue weighted by Gasteiger charge is 2.09. The molecule has 0 spiro atoms. The first-order valence-corrected chi connectivity index (χ1v) is 6.89. The fraction of sp³-hybridized carbons (Fsp3) is 0. The first-order chi connectivity index (χ1) is 9.56. The smallest absolute Gasteiger partial charge is 0.335 e. The van der Waals surface area contributed by atoms with Crippen molar-refractivity contribution < 1.29 is 9.90 Å². The molecule has 2 aromatic carbocycles. The lowest BCUT2D eigenvalue weighted by molar-refractivity contribution is 0.0697. The third-order valence-electron chi connectivity index (χ3n) is 2.98. The molecule has 1 aromatic heterocycles. The Bertz CT molecular complexity index is 829. The molecule has 0 bridgehead atoms. The highest BCUT2D eigenvalue weighted by molar-refractivity contribution is 9.10. The number of imidazole rings is 1. The number of aromatic nitrogens is 2. The van der Waals surface area contributed by atoms with Gasteiger partial charge in [0.05, 0.1) is 21.6 Å². The average molecular weight is 352 g/mol. The molecule has 0 aliphatic rings. The Labute approximate surface area is 127 Å². The van der Waals surface area contributed by atoms with Crippen LogP contribution in [-0.2, 0) is 0 Å². The molecule has 20 heavy (non-hydrogen) atoms. The summed E-state index contributed by atoms with van der Waals surface area (Å²) in [5.74, 6) is -0.962. The quantitative estimate of drug-likeness (QED) is 0.755. The maximum absolute atomic E-state index is 10.9. The Morgan fingerprint density at radius 2 is 2.05 bits per heavy atom. The monoisotopic (exact) mass is 350 g/mol. The van der Waals surface area contributed by atoms with Crippen molar-refractivity contribution in [2.45, 2.75) is 0 Å². The molecule has 0 saturated carbocycles. The Kier molecular flexibility index (Phi) is 3.23. The van der Waals surface area contributed by atoms with E-state index in [0.29, 0.717) is 10.5 Å². The third kappa shape index (κ3) is 2.19. The zero-order chi connectivity index (χ0) is 14.3. The number of nitrogens with zero attached hydrogens (tertiary/aromatic N) is 2. The number of carbonyl (C=O) groups is 1. The molecule has 1 N–H and O–H groups in total. The number of carboxylic acid groups (broad SMARTS) is 1. The lowest BCUT2D eigenvalue weighted by Gasteiger charge is -2.06. The van der Waals surface area contributed by atoms with Crippen molar-refractivity contribution in [1.82, 2.24) is 9.55 Å². The maximum atomic E-state index is 10.9. The molecule has 6 heteroatoms. The molecule has 100 valence electrons. The van der Waals surface area contributed by atoms with Crippen molar-refractivity contribution in [1.29, 1.82) is 0 Å². The number of carboxylic acids is 1. The molecular weight excluding hydrogens is 344 g/mol. The summed E-state index contributed by atoms with van der Waals surface area (Å²) >= 11 is 9.36. The normalized spacial score (nSPS) is 10.9. The van der Waals surface area contributed by atoms with Crippen molar-refractivity contribution in [2.75, 3.05) is 0 Å². The molecule has 0 aliphatic carbocycles. The van der Waals surface area contributed by atoms with E-state index in [0.717, 1.165) is 15.7 Å². The minimum atomic E-state index is -0.962. The van der Waals surface area contributed by atoms with Gasteiger partial charge in [0.25, 0.3) is 0 Å². The number of hydrogen-bond acceptors (Lipinski definition) is 2. The zero-order valence-corrected chi connectivity index (χ0v) is 12.4. The van der Waals surface area contributed by atoms with Gasteiger partial charge in [-0.1, -0.05) is 11.6 Å². The fourth-order valence-corrected chi connectivity index (χ4v) is 2.47. The van der Waals surface area contributed by atoms with Crippen LogP contribution in [0.25, 0.3) is 16.7 Å². The standard InChI is InChI=1S/C14H8BrClN2O2/c15-10-6-9(2-3-11(10)16)18-7-17-12-5-8(14(19)20)1-4-13(12)18/h1-7H,(H,19,20). The SMILES string of the molecule is O=C(O)c1ccc2c(c1)ncn2-c1ccc(Cl)c(Br)c1. The summed E-state index contributed by atoms with van der Waals surface area (Å²) in [5, 5.41) is 9.61. The van der Waals surface area contributed by atoms with Crippen molar-refractivity contribution in [3.8, 4) is 5.69 Å². The molecule has 0 radical (unpaired) electrons. The van der Waals surface area contributed by atoms with Crippen molar-refractivity contribution in [3.63, 3.8) is 0 Å². The number of aromatic carboxylic acids is 1. The van der Waals surface area contributed by atoms with E-state index in [-0.39, 0.29) is 5.56 Å². The first-order valence-electron chi connectivity index (χ1n) is 5.72. The molecule has 3 rings (SSSR count). The van der Waals surface area contributed by atoms with Crippen LogP contribution >= 0.6 is 27.5 Å². The van der Waals surface area contributed by atoms with E-state index in [1.807, 2.05) is 16.7 Å². The van der Waals surface area contributed by atoms with E-state index in [1.54, 1.807) is 30.6 Å². The molecule has 3 aromatic rings. The predicted molar refractivity (Wildman–Crippen MR) is 80.7 cm³/mol. The minimum Gasteiger partial charge on any atom is -0.478 e. The highest BCUT2D eigenvalue weighted by atomic mass is 79.9. The Morgan fingerprint density at radius 1 is 1.25 bits per heavy atom. The van der Waals surface area contributed by atoms with E-state index in [9.17, 15) is 4.79 Å². The van der Waals surface area contributed by atoms with Gasteiger partial charge < -0.3 is 5.11 Å². The Hall–Kier alpha value is -1.85. The van der Waals surface area contributed by atoms with Gasteiger partial charge in [-0.3, -0.25) is 4.57 Å². The summed E-state index contributed by atoms with van der Waals surface area (Å²) in [4.78, 5) is 15.2. The molecule has 0 unspecified atom stereocenters. The maximum Gasteiger partial charge on any atom is 0.335 e. The lowest BCUT2D eigenvalue weighted by Crippen LogP contribution is -1.96. The van der Waals surface area contributed by atoms with Gasteiger partial charge in [-0.2, -0.15) is 0 Å². The van der Waals surface area contributed by atoms with Crippen LogP contribution in [0.2, 0.25) is 5.02 Å². The molecule has 0 aliphatic heterocycles. The highest BCUT2D eigenvalue weighted by Crippen LogP contribution is 2.27. The molecule has 0 amide bonds. The number of hydrogen-bond donors (Lipinski definition) is 1. The zero-order valence-electron chi connectivity index (χ0n) is 10.0. The van der Waals surface area contributed by atoms with E-state index < -0.39 is 5.97 Å². The number of halogens is 2. The topological polar surface area (TPSA) is 55.1 Å². The Morgan fingerprint density at radius 3 is 2.75 bits per heavy atom. The van der Waals surface area contributed by atoms with Crippen molar-refractivity contribution in [2.24, 2.45) is 0 Å². The van der Waals surface area contributed by atoms with Crippen LogP contribution in [0.4, 0.5) is 0 Å². The van der Waals surface area contributed by atoms with E-state index in [4.69, 9.17) is 16.7 Å². The van der Waals surface area contributed by atoms with Gasteiger partial charge in [-0.15, -0.1) is 0 Å². The van der Waals surface area contributed by atoms with Gasteiger partial charge in [0.1, 0.15) is 6.33 Å². The van der Waals surface area contributed by atoms with Crippen LogP contribution in [0.1, 0.15) is 10.4 Å². The van der Waals surface area contributed by atoms with E-state index in [1.165, 1.54) is 0 Å². The van der Waals surface area contributed by atoms with Gasteiger partial charge in [0, 0.05) is 10.2 Å². The summed E-state index contributed by atoms with van der Waals surface area (Å²) in [5.41, 5.74) is 2.59. The van der Waals surface area contributed by atoms with Gasteiger partial charge in [0.2, 0.25) is 0 Å². The summed E-state index contributed by atoms with van der Waals surface area (Å²) < 4.78 is 2.67. The first kappa shape index (κ1) is 13.1. The molecular formula is C14H8BrClN2O2. The van der Waals surface area contributed by atoms with Crippen LogP contribution < -0.4 is 0 Å². The molecule has 0 fully saturated rings. The molecule has 4 nitrogen and oxygen atoms in total. The second kappa shape index (κ2) is 4.92. The minimum absolute atomic E-state index is 0.222. The van der Waals surface area contributed by atoms with Crippen molar-refractivity contribution >= 4 is 44.5 Å². The number of rotatable bonds is 2.